The van der Waals surface area contributed by atoms with Crippen LogP contribution in [0.3, 0.4) is 0 Å². The van der Waals surface area contributed by atoms with Crippen molar-refractivity contribution in [1.82, 2.24) is 14.9 Å². The third kappa shape index (κ3) is 4.27. The van der Waals surface area contributed by atoms with E-state index in [2.05, 4.69) is 15.3 Å². The minimum absolute atomic E-state index is 0.183. The number of anilines is 2. The first kappa shape index (κ1) is 18.5. The Hall–Kier alpha value is -2.28. The van der Waals surface area contributed by atoms with Crippen molar-refractivity contribution in [2.45, 2.75) is 45.3 Å². The summed E-state index contributed by atoms with van der Waals surface area (Å²) in [6, 6.07) is 3.71. The van der Waals surface area contributed by atoms with Gasteiger partial charge in [-0.2, -0.15) is 0 Å². The monoisotopic (exact) mass is 377 g/mol. The molecule has 0 atom stereocenters. The van der Waals surface area contributed by atoms with E-state index in [1.165, 1.54) is 0 Å². The third-order valence-corrected chi connectivity index (χ3v) is 4.41. The highest BCUT2D eigenvalue weighted by Gasteiger charge is 2.27. The van der Waals surface area contributed by atoms with Gasteiger partial charge in [0.25, 0.3) is 0 Å². The van der Waals surface area contributed by atoms with Gasteiger partial charge < -0.3 is 20.7 Å². The number of amides is 1. The van der Waals surface area contributed by atoms with Crippen molar-refractivity contribution in [3.05, 3.63) is 23.5 Å². The van der Waals surface area contributed by atoms with E-state index in [1.807, 2.05) is 26.8 Å². The summed E-state index contributed by atoms with van der Waals surface area (Å²) in [7, 11) is 0. The zero-order valence-electron chi connectivity index (χ0n) is 15.3. The van der Waals surface area contributed by atoms with Crippen LogP contribution in [0.25, 0.3) is 11.0 Å². The third-order valence-electron chi connectivity index (χ3n) is 4.20. The first-order valence-corrected chi connectivity index (χ1v) is 9.06. The Morgan fingerprint density at radius 3 is 2.69 bits per heavy atom. The topological polar surface area (TPSA) is 93.4 Å². The number of pyridine rings is 2. The number of rotatable bonds is 2. The number of hydrogen-bond acceptors (Lipinski definition) is 6. The van der Waals surface area contributed by atoms with Crippen LogP contribution in [0, 0.1) is 0 Å². The maximum absolute atomic E-state index is 12.2. The van der Waals surface area contributed by atoms with E-state index in [0.717, 1.165) is 24.0 Å². The van der Waals surface area contributed by atoms with Crippen molar-refractivity contribution in [2.24, 2.45) is 0 Å². The maximum atomic E-state index is 12.2. The molecule has 3 N–H and O–H groups in total. The van der Waals surface area contributed by atoms with Crippen LogP contribution < -0.4 is 11.1 Å². The molecule has 0 aromatic carbocycles. The van der Waals surface area contributed by atoms with E-state index in [9.17, 15) is 4.79 Å². The van der Waals surface area contributed by atoms with Crippen LogP contribution in [0.1, 0.15) is 33.6 Å². The molecule has 0 aliphatic carbocycles. The molecule has 7 nitrogen and oxygen atoms in total. The van der Waals surface area contributed by atoms with Gasteiger partial charge in [-0.25, -0.2) is 9.78 Å². The number of piperidine rings is 1. The summed E-state index contributed by atoms with van der Waals surface area (Å²) in [5.41, 5.74) is 8.29. The van der Waals surface area contributed by atoms with Gasteiger partial charge in [-0.1, -0.05) is 11.6 Å². The summed E-state index contributed by atoms with van der Waals surface area (Å²) in [6.45, 7) is 6.87. The predicted molar refractivity (Wildman–Crippen MR) is 103 cm³/mol. The molecule has 140 valence electrons. The second kappa shape index (κ2) is 7.15. The number of ether oxygens (including phenoxy) is 1. The van der Waals surface area contributed by atoms with E-state index in [1.54, 1.807) is 17.2 Å². The Morgan fingerprint density at radius 1 is 1.35 bits per heavy atom. The molecule has 3 heterocycles. The molecule has 1 fully saturated rings. The van der Waals surface area contributed by atoms with Crippen molar-refractivity contribution in [3.8, 4) is 0 Å². The zero-order valence-corrected chi connectivity index (χ0v) is 16.0. The lowest BCUT2D eigenvalue weighted by atomic mass is 10.0. The second-order valence-electron chi connectivity index (χ2n) is 7.48. The largest absolute Gasteiger partial charge is 0.444 e. The summed E-state index contributed by atoms with van der Waals surface area (Å²) in [4.78, 5) is 22.6. The van der Waals surface area contributed by atoms with E-state index in [0.29, 0.717) is 29.4 Å². The number of aromatic nitrogens is 2. The van der Waals surface area contributed by atoms with Gasteiger partial charge in [-0.05, 0) is 45.7 Å². The number of nitrogens with one attached hydrogen (secondary N) is 1. The second-order valence-corrected chi connectivity index (χ2v) is 7.86. The molecular weight excluding hydrogens is 354 g/mol. The number of carbonyl (C=O) groups is 1. The number of nitrogen functional groups attached to an aromatic ring is 1. The quantitative estimate of drug-likeness (QED) is 0.775. The molecule has 3 rings (SSSR count). The Kier molecular flexibility index (Phi) is 5.09. The van der Waals surface area contributed by atoms with Crippen molar-refractivity contribution in [1.29, 1.82) is 0 Å². The molecule has 0 saturated carbocycles. The fourth-order valence-electron chi connectivity index (χ4n) is 2.95. The summed E-state index contributed by atoms with van der Waals surface area (Å²) in [5.74, 6) is 0. The first-order chi connectivity index (χ1) is 12.2. The minimum Gasteiger partial charge on any atom is -0.444 e. The molecular formula is C18H24ClN5O2. The SMILES string of the molecule is CC(C)(C)OC(=O)N1CCC(Nc2c(N)cnc3ccc(Cl)nc23)CC1. The molecule has 1 aliphatic rings. The fourth-order valence-corrected chi connectivity index (χ4v) is 3.09. The van der Waals surface area contributed by atoms with Crippen LogP contribution >= 0.6 is 11.6 Å². The molecule has 1 aliphatic heterocycles. The van der Waals surface area contributed by atoms with Gasteiger partial charge in [0, 0.05) is 19.1 Å². The standard InChI is InChI=1S/C18H24ClN5O2/c1-18(2,3)26-17(25)24-8-6-11(7-9-24)22-15-12(20)10-21-13-4-5-14(19)23-16(13)15/h4-5,10-11H,6-9,20H2,1-3H3,(H,21,22). The first-order valence-electron chi connectivity index (χ1n) is 8.68. The van der Waals surface area contributed by atoms with Crippen molar-refractivity contribution >= 4 is 40.1 Å². The molecule has 0 bridgehead atoms. The molecule has 1 amide bonds. The van der Waals surface area contributed by atoms with Gasteiger partial charge in [0.05, 0.1) is 23.1 Å². The molecule has 0 radical (unpaired) electrons. The molecule has 1 saturated heterocycles. The van der Waals surface area contributed by atoms with Crippen LogP contribution in [0.5, 0.6) is 0 Å². The molecule has 0 spiro atoms. The molecule has 2 aromatic heterocycles. The van der Waals surface area contributed by atoms with Gasteiger partial charge in [0.2, 0.25) is 0 Å². The van der Waals surface area contributed by atoms with Crippen LogP contribution in [0.15, 0.2) is 18.3 Å². The summed E-state index contributed by atoms with van der Waals surface area (Å²) >= 11 is 6.03. The van der Waals surface area contributed by atoms with Crippen LogP contribution in [0.2, 0.25) is 5.15 Å². The van der Waals surface area contributed by atoms with E-state index in [-0.39, 0.29) is 12.1 Å². The molecule has 8 heteroatoms. The Balaban J connectivity index is 1.69. The van der Waals surface area contributed by atoms with Crippen molar-refractivity contribution in [3.63, 3.8) is 0 Å². The molecule has 26 heavy (non-hydrogen) atoms. The minimum atomic E-state index is -0.485. The van der Waals surface area contributed by atoms with E-state index >= 15 is 0 Å². The lowest BCUT2D eigenvalue weighted by Gasteiger charge is -2.34. The molecule has 2 aromatic rings. The highest BCUT2D eigenvalue weighted by Crippen LogP contribution is 2.29. The van der Waals surface area contributed by atoms with Crippen LogP contribution in [-0.4, -0.2) is 45.7 Å². The van der Waals surface area contributed by atoms with Gasteiger partial charge >= 0.3 is 6.09 Å². The Morgan fingerprint density at radius 2 is 2.04 bits per heavy atom. The highest BCUT2D eigenvalue weighted by molar-refractivity contribution is 6.29. The van der Waals surface area contributed by atoms with Crippen LogP contribution in [-0.2, 0) is 4.74 Å². The number of likely N-dealkylation sites (tertiary alicyclic amines) is 1. The van der Waals surface area contributed by atoms with Gasteiger partial charge in [-0.15, -0.1) is 0 Å². The average molecular weight is 378 g/mol. The number of nitrogens with two attached hydrogens (primary N) is 1. The highest BCUT2D eigenvalue weighted by atomic mass is 35.5. The predicted octanol–water partition coefficient (Wildman–Crippen LogP) is 3.68. The fraction of sp³-hybridized carbons (Fsp3) is 0.500. The number of fused-ring (bicyclic) bond motifs is 1. The lowest BCUT2D eigenvalue weighted by molar-refractivity contribution is 0.0210. The zero-order chi connectivity index (χ0) is 18.9. The summed E-state index contributed by atoms with van der Waals surface area (Å²) in [5, 5.41) is 3.86. The smallest absolute Gasteiger partial charge is 0.410 e. The summed E-state index contributed by atoms with van der Waals surface area (Å²) < 4.78 is 5.43. The van der Waals surface area contributed by atoms with E-state index < -0.39 is 5.60 Å². The van der Waals surface area contributed by atoms with Crippen molar-refractivity contribution in [2.75, 3.05) is 24.1 Å². The van der Waals surface area contributed by atoms with Crippen LogP contribution in [0.4, 0.5) is 16.2 Å². The summed E-state index contributed by atoms with van der Waals surface area (Å²) in [6.07, 6.45) is 2.95. The van der Waals surface area contributed by atoms with Gasteiger partial charge in [0.1, 0.15) is 16.3 Å². The Bertz CT molecular complexity index is 808. The Labute approximate surface area is 157 Å². The van der Waals surface area contributed by atoms with Gasteiger partial charge in [0.15, 0.2) is 0 Å². The number of halogens is 1. The molecule has 0 unspecified atom stereocenters. The normalized spacial score (nSPS) is 15.9. The number of nitrogens with zero attached hydrogens (tertiary/aromatic N) is 3. The van der Waals surface area contributed by atoms with E-state index in [4.69, 9.17) is 22.1 Å². The van der Waals surface area contributed by atoms with Gasteiger partial charge in [-0.3, -0.25) is 4.98 Å². The number of hydrogen-bond donors (Lipinski definition) is 2. The maximum Gasteiger partial charge on any atom is 0.410 e. The number of carbonyl (C=O) groups excluding carboxylic acids is 1. The average Bonchev–Trinajstić information content (AvgIpc) is 2.56. The lowest BCUT2D eigenvalue weighted by Crippen LogP contribution is -2.44. The van der Waals surface area contributed by atoms with Crippen molar-refractivity contribution < 1.29 is 9.53 Å².